The van der Waals surface area contributed by atoms with E-state index in [-0.39, 0.29) is 11.9 Å². The van der Waals surface area contributed by atoms with Crippen LogP contribution in [0.2, 0.25) is 5.02 Å². The smallest absolute Gasteiger partial charge is 0.262 e. The van der Waals surface area contributed by atoms with E-state index in [0.717, 1.165) is 22.4 Å². The Morgan fingerprint density at radius 3 is 2.50 bits per heavy atom. The van der Waals surface area contributed by atoms with Gasteiger partial charge in [0, 0.05) is 11.4 Å². The van der Waals surface area contributed by atoms with E-state index >= 15 is 0 Å². The van der Waals surface area contributed by atoms with E-state index in [2.05, 4.69) is 5.32 Å². The number of carbonyl (C=O) groups is 1. The first kappa shape index (κ1) is 18.4. The summed E-state index contributed by atoms with van der Waals surface area (Å²) in [6.07, 6.45) is -0.0656. The number of halogens is 1. The summed E-state index contributed by atoms with van der Waals surface area (Å²) < 4.78 is 11.1. The Balaban J connectivity index is 1.56. The summed E-state index contributed by atoms with van der Waals surface area (Å²) in [5, 5.41) is 3.78. The van der Waals surface area contributed by atoms with Gasteiger partial charge in [0.15, 0.2) is 6.10 Å². The maximum absolute atomic E-state index is 13.0. The number of carbonyl (C=O) groups excluding carboxylic acids is 1. The molecule has 5 heteroatoms. The molecule has 0 saturated heterocycles. The molecule has 0 fully saturated rings. The number of fused-ring (bicyclic) bond motifs is 1. The molecule has 1 amide bonds. The van der Waals surface area contributed by atoms with Crippen molar-refractivity contribution in [3.8, 4) is 11.5 Å². The molecule has 1 N–H and O–H groups in total. The van der Waals surface area contributed by atoms with E-state index in [1.807, 2.05) is 66.7 Å². The van der Waals surface area contributed by atoms with Crippen LogP contribution in [-0.4, -0.2) is 19.1 Å². The van der Waals surface area contributed by atoms with Crippen molar-refractivity contribution in [2.45, 2.75) is 18.6 Å². The monoisotopic (exact) mass is 393 g/mol. The van der Waals surface area contributed by atoms with Gasteiger partial charge in [0.1, 0.15) is 11.5 Å². The van der Waals surface area contributed by atoms with E-state index in [0.29, 0.717) is 17.2 Å². The zero-order valence-corrected chi connectivity index (χ0v) is 16.1. The van der Waals surface area contributed by atoms with Crippen LogP contribution in [0.5, 0.6) is 11.5 Å². The van der Waals surface area contributed by atoms with Crippen molar-refractivity contribution in [3.05, 3.63) is 94.5 Å². The zero-order chi connectivity index (χ0) is 19.5. The first-order valence-corrected chi connectivity index (χ1v) is 9.46. The van der Waals surface area contributed by atoms with Crippen molar-refractivity contribution < 1.29 is 14.3 Å². The second-order valence-corrected chi connectivity index (χ2v) is 7.12. The summed E-state index contributed by atoms with van der Waals surface area (Å²) in [4.78, 5) is 13.0. The molecule has 142 valence electrons. The van der Waals surface area contributed by atoms with E-state index in [9.17, 15) is 4.79 Å². The van der Waals surface area contributed by atoms with Gasteiger partial charge in [-0.3, -0.25) is 4.79 Å². The highest BCUT2D eigenvalue weighted by Gasteiger charge is 2.31. The molecular formula is C23H20ClNO3. The number of amides is 1. The highest BCUT2D eigenvalue weighted by molar-refractivity contribution is 6.30. The largest absolute Gasteiger partial charge is 0.497 e. The molecule has 0 spiro atoms. The Morgan fingerprint density at radius 2 is 1.79 bits per heavy atom. The van der Waals surface area contributed by atoms with Crippen LogP contribution in [0.3, 0.4) is 0 Å². The highest BCUT2D eigenvalue weighted by atomic mass is 35.5. The molecule has 3 aromatic rings. The third kappa shape index (κ3) is 3.82. The zero-order valence-electron chi connectivity index (χ0n) is 15.4. The minimum atomic E-state index is -0.571. The van der Waals surface area contributed by atoms with Gasteiger partial charge < -0.3 is 14.8 Å². The van der Waals surface area contributed by atoms with Crippen molar-refractivity contribution in [1.82, 2.24) is 5.32 Å². The van der Waals surface area contributed by atoms with Crippen molar-refractivity contribution in [3.63, 3.8) is 0 Å². The van der Waals surface area contributed by atoms with E-state index in [4.69, 9.17) is 21.1 Å². The van der Waals surface area contributed by atoms with Gasteiger partial charge in [-0.25, -0.2) is 0 Å². The fraction of sp³-hybridized carbons (Fsp3) is 0.174. The normalized spacial score (nSPS) is 16.0. The van der Waals surface area contributed by atoms with Crippen LogP contribution >= 0.6 is 11.6 Å². The Hall–Kier alpha value is -2.98. The second kappa shape index (κ2) is 7.95. The predicted octanol–water partition coefficient (Wildman–Crippen LogP) is 4.56. The fourth-order valence-electron chi connectivity index (χ4n) is 3.40. The maximum atomic E-state index is 13.0. The molecular weight excluding hydrogens is 374 g/mol. The minimum Gasteiger partial charge on any atom is -0.497 e. The van der Waals surface area contributed by atoms with Crippen LogP contribution in [0.15, 0.2) is 72.8 Å². The van der Waals surface area contributed by atoms with Crippen molar-refractivity contribution in [1.29, 1.82) is 0 Å². The van der Waals surface area contributed by atoms with Gasteiger partial charge in [-0.2, -0.15) is 0 Å². The van der Waals surface area contributed by atoms with Crippen molar-refractivity contribution >= 4 is 17.5 Å². The molecule has 1 aliphatic rings. The number of ether oxygens (including phenoxy) is 2. The molecule has 0 aromatic heterocycles. The lowest BCUT2D eigenvalue weighted by Gasteiger charge is -2.22. The topological polar surface area (TPSA) is 47.6 Å². The number of benzene rings is 3. The molecule has 0 saturated carbocycles. The SMILES string of the molecule is COc1ccc([C@@H](NC(=O)[C@@H]2Cc3cc(Cl)ccc3O2)c2ccccc2)cc1. The number of rotatable bonds is 5. The molecule has 1 aliphatic heterocycles. The average Bonchev–Trinajstić information content (AvgIpc) is 3.16. The van der Waals surface area contributed by atoms with Crippen LogP contribution in [-0.2, 0) is 11.2 Å². The lowest BCUT2D eigenvalue weighted by atomic mass is 9.98. The van der Waals surface area contributed by atoms with Crippen molar-refractivity contribution in [2.24, 2.45) is 0 Å². The molecule has 1 heterocycles. The third-order valence-corrected chi connectivity index (χ3v) is 5.09. The summed E-state index contributed by atoms with van der Waals surface area (Å²) in [7, 11) is 1.63. The van der Waals surface area contributed by atoms with Gasteiger partial charge in [-0.05, 0) is 47.0 Å². The minimum absolute atomic E-state index is 0.156. The molecule has 4 rings (SSSR count). The van der Waals surface area contributed by atoms with Gasteiger partial charge >= 0.3 is 0 Å². The molecule has 0 bridgehead atoms. The summed E-state index contributed by atoms with van der Waals surface area (Å²) >= 11 is 6.05. The number of hydrogen-bond donors (Lipinski definition) is 1. The average molecular weight is 394 g/mol. The van der Waals surface area contributed by atoms with Crippen LogP contribution in [0.1, 0.15) is 22.7 Å². The number of hydrogen-bond acceptors (Lipinski definition) is 3. The van der Waals surface area contributed by atoms with Gasteiger partial charge in [-0.15, -0.1) is 0 Å². The molecule has 0 radical (unpaired) electrons. The van der Waals surface area contributed by atoms with Gasteiger partial charge in [0.25, 0.3) is 5.91 Å². The van der Waals surface area contributed by atoms with Crippen molar-refractivity contribution in [2.75, 3.05) is 7.11 Å². The molecule has 0 unspecified atom stereocenters. The predicted molar refractivity (Wildman–Crippen MR) is 109 cm³/mol. The highest BCUT2D eigenvalue weighted by Crippen LogP contribution is 2.32. The van der Waals surface area contributed by atoms with Crippen LogP contribution in [0.25, 0.3) is 0 Å². The Labute approximate surface area is 169 Å². The van der Waals surface area contributed by atoms with Crippen LogP contribution in [0, 0.1) is 0 Å². The first-order chi connectivity index (χ1) is 13.6. The lowest BCUT2D eigenvalue weighted by Crippen LogP contribution is -2.40. The summed E-state index contributed by atoms with van der Waals surface area (Å²) in [5.41, 5.74) is 2.92. The summed E-state index contributed by atoms with van der Waals surface area (Å²) in [5.74, 6) is 1.33. The number of methoxy groups -OCH3 is 1. The Bertz CT molecular complexity index is 973. The third-order valence-electron chi connectivity index (χ3n) is 4.86. The van der Waals surface area contributed by atoms with E-state index in [1.165, 1.54) is 0 Å². The second-order valence-electron chi connectivity index (χ2n) is 6.69. The van der Waals surface area contributed by atoms with Gasteiger partial charge in [0.2, 0.25) is 0 Å². The molecule has 2 atom stereocenters. The maximum Gasteiger partial charge on any atom is 0.262 e. The molecule has 28 heavy (non-hydrogen) atoms. The molecule has 4 nitrogen and oxygen atoms in total. The fourth-order valence-corrected chi connectivity index (χ4v) is 3.59. The molecule has 0 aliphatic carbocycles. The summed E-state index contributed by atoms with van der Waals surface area (Å²) in [6, 6.07) is 22.7. The Morgan fingerprint density at radius 1 is 1.07 bits per heavy atom. The quantitative estimate of drug-likeness (QED) is 0.691. The summed E-state index contributed by atoms with van der Waals surface area (Å²) in [6.45, 7) is 0. The van der Waals surface area contributed by atoms with E-state index < -0.39 is 6.10 Å². The number of nitrogens with one attached hydrogen (secondary N) is 1. The van der Waals surface area contributed by atoms with Gasteiger partial charge in [0.05, 0.1) is 13.2 Å². The van der Waals surface area contributed by atoms with E-state index in [1.54, 1.807) is 13.2 Å². The standard InChI is InChI=1S/C23H20ClNO3/c1-27-19-10-7-16(8-11-19)22(15-5-3-2-4-6-15)25-23(26)21-14-17-13-18(24)9-12-20(17)28-21/h2-13,21-22H,14H2,1H3,(H,25,26)/t21-,22-/m0/s1. The Kier molecular flexibility index (Phi) is 5.22. The molecule has 3 aromatic carbocycles. The van der Waals surface area contributed by atoms with Crippen LogP contribution in [0.4, 0.5) is 0 Å². The van der Waals surface area contributed by atoms with Crippen LogP contribution < -0.4 is 14.8 Å². The lowest BCUT2D eigenvalue weighted by molar-refractivity contribution is -0.127. The van der Waals surface area contributed by atoms with Gasteiger partial charge in [-0.1, -0.05) is 54.1 Å². The first-order valence-electron chi connectivity index (χ1n) is 9.08.